The highest BCUT2D eigenvalue weighted by Crippen LogP contribution is 2.21. The first-order chi connectivity index (χ1) is 8.90. The molecule has 6 heteroatoms. The summed E-state index contributed by atoms with van der Waals surface area (Å²) in [4.78, 5) is 31.5. The molecule has 0 N–H and O–H groups in total. The van der Waals surface area contributed by atoms with E-state index in [2.05, 4.69) is 4.98 Å². The zero-order valence-corrected chi connectivity index (χ0v) is 11.8. The van der Waals surface area contributed by atoms with E-state index in [4.69, 9.17) is 4.42 Å². The Kier molecular flexibility index (Phi) is 3.59. The van der Waals surface area contributed by atoms with Crippen LogP contribution in [0.4, 0.5) is 0 Å². The SMILES string of the molecule is Cc1nc(C)c(C(=O)N2CCC(C(=O)N(C)C)C2)o1. The van der Waals surface area contributed by atoms with Crippen molar-refractivity contribution < 1.29 is 14.0 Å². The van der Waals surface area contributed by atoms with Gasteiger partial charge in [-0.1, -0.05) is 0 Å². The van der Waals surface area contributed by atoms with Gasteiger partial charge in [-0.25, -0.2) is 4.98 Å². The lowest BCUT2D eigenvalue weighted by atomic mass is 10.1. The van der Waals surface area contributed by atoms with Crippen LogP contribution in [0.15, 0.2) is 4.42 Å². The van der Waals surface area contributed by atoms with Crippen molar-refractivity contribution in [3.8, 4) is 0 Å². The average Bonchev–Trinajstić information content (AvgIpc) is 2.94. The number of carbonyl (C=O) groups excluding carboxylic acids is 2. The first-order valence-electron chi connectivity index (χ1n) is 6.34. The standard InChI is InChI=1S/C13H19N3O3/c1-8-11(19-9(2)14-8)13(18)16-6-5-10(7-16)12(17)15(3)4/h10H,5-7H2,1-4H3. The molecule has 1 aromatic heterocycles. The van der Waals surface area contributed by atoms with Crippen molar-refractivity contribution in [3.05, 3.63) is 17.3 Å². The fraction of sp³-hybridized carbons (Fsp3) is 0.615. The highest BCUT2D eigenvalue weighted by molar-refractivity contribution is 5.93. The highest BCUT2D eigenvalue weighted by atomic mass is 16.4. The van der Waals surface area contributed by atoms with E-state index in [0.29, 0.717) is 31.1 Å². The van der Waals surface area contributed by atoms with Crippen LogP contribution in [0.25, 0.3) is 0 Å². The van der Waals surface area contributed by atoms with Crippen LogP contribution in [-0.4, -0.2) is 53.8 Å². The molecule has 0 bridgehead atoms. The van der Waals surface area contributed by atoms with Crippen molar-refractivity contribution in [1.82, 2.24) is 14.8 Å². The van der Waals surface area contributed by atoms with Crippen LogP contribution in [0, 0.1) is 19.8 Å². The smallest absolute Gasteiger partial charge is 0.291 e. The Balaban J connectivity index is 2.07. The van der Waals surface area contributed by atoms with Gasteiger partial charge in [-0.15, -0.1) is 0 Å². The number of hydrogen-bond donors (Lipinski definition) is 0. The molecule has 1 aliphatic rings. The van der Waals surface area contributed by atoms with E-state index in [1.54, 1.807) is 37.7 Å². The topological polar surface area (TPSA) is 66.7 Å². The number of amides is 2. The summed E-state index contributed by atoms with van der Waals surface area (Å²) >= 11 is 0. The summed E-state index contributed by atoms with van der Waals surface area (Å²) in [6.45, 7) is 4.51. The molecular weight excluding hydrogens is 246 g/mol. The van der Waals surface area contributed by atoms with Crippen LogP contribution >= 0.6 is 0 Å². The lowest BCUT2D eigenvalue weighted by Gasteiger charge is -2.17. The normalized spacial score (nSPS) is 18.7. The largest absolute Gasteiger partial charge is 0.436 e. The van der Waals surface area contributed by atoms with Crippen LogP contribution in [-0.2, 0) is 4.79 Å². The van der Waals surface area contributed by atoms with Crippen molar-refractivity contribution in [2.24, 2.45) is 5.92 Å². The van der Waals surface area contributed by atoms with Crippen LogP contribution in [0.1, 0.15) is 28.6 Å². The molecule has 1 saturated heterocycles. The van der Waals surface area contributed by atoms with Gasteiger partial charge in [0.15, 0.2) is 5.89 Å². The number of nitrogens with zero attached hydrogens (tertiary/aromatic N) is 3. The van der Waals surface area contributed by atoms with Crippen molar-refractivity contribution in [2.75, 3.05) is 27.2 Å². The minimum atomic E-state index is -0.174. The Bertz CT molecular complexity index is 507. The molecule has 0 radical (unpaired) electrons. The van der Waals surface area contributed by atoms with Gasteiger partial charge in [0, 0.05) is 34.1 Å². The zero-order valence-electron chi connectivity index (χ0n) is 11.8. The van der Waals surface area contributed by atoms with Crippen molar-refractivity contribution >= 4 is 11.8 Å². The molecule has 0 aromatic carbocycles. The molecule has 1 aliphatic heterocycles. The predicted molar refractivity (Wildman–Crippen MR) is 68.7 cm³/mol. The molecule has 6 nitrogen and oxygen atoms in total. The van der Waals surface area contributed by atoms with Gasteiger partial charge in [0.2, 0.25) is 11.7 Å². The Morgan fingerprint density at radius 3 is 2.58 bits per heavy atom. The fourth-order valence-corrected chi connectivity index (χ4v) is 2.38. The summed E-state index contributed by atoms with van der Waals surface area (Å²) in [6.07, 6.45) is 0.703. The number of hydrogen-bond acceptors (Lipinski definition) is 4. The van der Waals surface area contributed by atoms with E-state index < -0.39 is 0 Å². The van der Waals surface area contributed by atoms with Gasteiger partial charge >= 0.3 is 0 Å². The number of aromatic nitrogens is 1. The van der Waals surface area contributed by atoms with Gasteiger partial charge in [-0.2, -0.15) is 0 Å². The van der Waals surface area contributed by atoms with E-state index in [-0.39, 0.29) is 23.5 Å². The lowest BCUT2D eigenvalue weighted by molar-refractivity contribution is -0.132. The monoisotopic (exact) mass is 265 g/mol. The first-order valence-corrected chi connectivity index (χ1v) is 6.34. The second-order valence-corrected chi connectivity index (χ2v) is 5.12. The van der Waals surface area contributed by atoms with E-state index >= 15 is 0 Å². The maximum Gasteiger partial charge on any atom is 0.291 e. The molecular formula is C13H19N3O3. The molecule has 0 spiro atoms. The van der Waals surface area contributed by atoms with Crippen LogP contribution in [0.5, 0.6) is 0 Å². The molecule has 19 heavy (non-hydrogen) atoms. The van der Waals surface area contributed by atoms with Gasteiger partial charge in [-0.3, -0.25) is 9.59 Å². The Labute approximate surface area is 112 Å². The Morgan fingerprint density at radius 1 is 1.37 bits per heavy atom. The molecule has 2 amide bonds. The quantitative estimate of drug-likeness (QED) is 0.794. The fourth-order valence-electron chi connectivity index (χ4n) is 2.38. The summed E-state index contributed by atoms with van der Waals surface area (Å²) in [5.41, 5.74) is 0.602. The molecule has 1 unspecified atom stereocenters. The van der Waals surface area contributed by atoms with Gasteiger partial charge in [0.05, 0.1) is 11.6 Å². The van der Waals surface area contributed by atoms with Crippen LogP contribution < -0.4 is 0 Å². The first kappa shape index (κ1) is 13.6. The van der Waals surface area contributed by atoms with E-state index in [1.807, 2.05) is 0 Å². The second kappa shape index (κ2) is 5.03. The number of oxazole rings is 1. The van der Waals surface area contributed by atoms with E-state index in [1.165, 1.54) is 0 Å². The zero-order chi connectivity index (χ0) is 14.2. The second-order valence-electron chi connectivity index (χ2n) is 5.12. The third kappa shape index (κ3) is 2.62. The van der Waals surface area contributed by atoms with Gasteiger partial charge in [0.1, 0.15) is 0 Å². The van der Waals surface area contributed by atoms with Crippen LogP contribution in [0.3, 0.4) is 0 Å². The summed E-state index contributed by atoms with van der Waals surface area (Å²) in [5, 5.41) is 0. The average molecular weight is 265 g/mol. The third-order valence-electron chi connectivity index (χ3n) is 3.36. The highest BCUT2D eigenvalue weighted by Gasteiger charge is 2.34. The van der Waals surface area contributed by atoms with E-state index in [0.717, 1.165) is 0 Å². The maximum absolute atomic E-state index is 12.3. The van der Waals surface area contributed by atoms with Crippen LogP contribution in [0.2, 0.25) is 0 Å². The molecule has 0 aliphatic carbocycles. The summed E-state index contributed by atoms with van der Waals surface area (Å²) in [7, 11) is 3.47. The molecule has 2 heterocycles. The van der Waals surface area contributed by atoms with Gasteiger partial charge in [-0.05, 0) is 13.3 Å². The molecule has 104 valence electrons. The Morgan fingerprint density at radius 2 is 2.05 bits per heavy atom. The molecule has 1 atom stereocenters. The van der Waals surface area contributed by atoms with Crippen molar-refractivity contribution in [3.63, 3.8) is 0 Å². The summed E-state index contributed by atoms with van der Waals surface area (Å²) in [5.74, 6) is 0.563. The molecule has 1 fully saturated rings. The van der Waals surface area contributed by atoms with Crippen molar-refractivity contribution in [2.45, 2.75) is 20.3 Å². The number of aryl methyl sites for hydroxylation is 2. The van der Waals surface area contributed by atoms with E-state index in [9.17, 15) is 9.59 Å². The molecule has 1 aromatic rings. The minimum Gasteiger partial charge on any atom is -0.436 e. The summed E-state index contributed by atoms with van der Waals surface area (Å²) in [6, 6.07) is 0. The number of rotatable bonds is 2. The van der Waals surface area contributed by atoms with Gasteiger partial charge < -0.3 is 14.2 Å². The summed E-state index contributed by atoms with van der Waals surface area (Å²) < 4.78 is 5.33. The number of likely N-dealkylation sites (tertiary alicyclic amines) is 1. The van der Waals surface area contributed by atoms with Crippen molar-refractivity contribution in [1.29, 1.82) is 0 Å². The molecule has 0 saturated carbocycles. The van der Waals surface area contributed by atoms with Gasteiger partial charge in [0.25, 0.3) is 5.91 Å². The maximum atomic E-state index is 12.3. The Hall–Kier alpha value is -1.85. The lowest BCUT2D eigenvalue weighted by Crippen LogP contribution is -2.34. The predicted octanol–water partition coefficient (Wildman–Crippen LogP) is 0.842. The molecule has 2 rings (SSSR count). The third-order valence-corrected chi connectivity index (χ3v) is 3.36. The number of carbonyl (C=O) groups is 2. The minimum absolute atomic E-state index is 0.0702.